The lowest BCUT2D eigenvalue weighted by Gasteiger charge is -2.29. The van der Waals surface area contributed by atoms with Crippen LogP contribution in [0.2, 0.25) is 0 Å². The van der Waals surface area contributed by atoms with Gasteiger partial charge in [0.25, 0.3) is 0 Å². The second-order valence-electron chi connectivity index (χ2n) is 5.32. The van der Waals surface area contributed by atoms with E-state index in [1.807, 2.05) is 0 Å². The SMILES string of the molecule is COCC1(CNC(=O)Cc2ccc(F)cc2)CCCN1.Cl. The van der Waals surface area contributed by atoms with E-state index in [1.165, 1.54) is 12.1 Å². The average molecular weight is 317 g/mol. The molecule has 1 amide bonds. The van der Waals surface area contributed by atoms with Crippen LogP contribution in [-0.2, 0) is 16.0 Å². The van der Waals surface area contributed by atoms with E-state index in [0.29, 0.717) is 13.2 Å². The summed E-state index contributed by atoms with van der Waals surface area (Å²) in [7, 11) is 1.67. The Labute approximate surface area is 130 Å². The summed E-state index contributed by atoms with van der Waals surface area (Å²) < 4.78 is 18.0. The zero-order chi connectivity index (χ0) is 14.4. The summed E-state index contributed by atoms with van der Waals surface area (Å²) in [5.41, 5.74) is 0.664. The van der Waals surface area contributed by atoms with Crippen LogP contribution in [0.4, 0.5) is 4.39 Å². The molecule has 1 aromatic rings. The molecule has 0 radical (unpaired) electrons. The van der Waals surface area contributed by atoms with E-state index in [0.717, 1.165) is 24.9 Å². The summed E-state index contributed by atoms with van der Waals surface area (Å²) in [6, 6.07) is 6.00. The molecule has 1 unspecified atom stereocenters. The number of hydrogen-bond donors (Lipinski definition) is 2. The molecule has 6 heteroatoms. The molecule has 2 rings (SSSR count). The largest absolute Gasteiger partial charge is 0.383 e. The predicted molar refractivity (Wildman–Crippen MR) is 82.2 cm³/mol. The quantitative estimate of drug-likeness (QED) is 0.839. The van der Waals surface area contributed by atoms with Gasteiger partial charge in [-0.1, -0.05) is 12.1 Å². The van der Waals surface area contributed by atoms with E-state index < -0.39 is 0 Å². The Balaban J connectivity index is 0.00000220. The monoisotopic (exact) mass is 316 g/mol. The highest BCUT2D eigenvalue weighted by molar-refractivity contribution is 5.85. The van der Waals surface area contributed by atoms with Crippen molar-refractivity contribution in [3.05, 3.63) is 35.6 Å². The van der Waals surface area contributed by atoms with Gasteiger partial charge in [0.1, 0.15) is 5.82 Å². The molecular formula is C15H22ClFN2O2. The number of methoxy groups -OCH3 is 1. The molecule has 1 saturated heterocycles. The van der Waals surface area contributed by atoms with E-state index in [1.54, 1.807) is 19.2 Å². The molecule has 0 spiro atoms. The highest BCUT2D eigenvalue weighted by Gasteiger charge is 2.33. The molecule has 1 aromatic carbocycles. The average Bonchev–Trinajstić information content (AvgIpc) is 2.89. The lowest BCUT2D eigenvalue weighted by Crippen LogP contribution is -2.53. The summed E-state index contributed by atoms with van der Waals surface area (Å²) in [6.45, 7) is 2.10. The van der Waals surface area contributed by atoms with Gasteiger partial charge in [0.05, 0.1) is 18.6 Å². The number of benzene rings is 1. The minimum absolute atomic E-state index is 0. The van der Waals surface area contributed by atoms with Crippen LogP contribution in [0, 0.1) is 5.82 Å². The van der Waals surface area contributed by atoms with Gasteiger partial charge in [-0.25, -0.2) is 4.39 Å². The summed E-state index contributed by atoms with van der Waals surface area (Å²) in [6.07, 6.45) is 2.36. The molecule has 1 aliphatic heterocycles. The smallest absolute Gasteiger partial charge is 0.224 e. The normalized spacial score (nSPS) is 20.9. The highest BCUT2D eigenvalue weighted by atomic mass is 35.5. The van der Waals surface area contributed by atoms with Gasteiger partial charge in [0, 0.05) is 13.7 Å². The molecule has 0 aliphatic carbocycles. The topological polar surface area (TPSA) is 50.4 Å². The van der Waals surface area contributed by atoms with Crippen molar-refractivity contribution >= 4 is 18.3 Å². The van der Waals surface area contributed by atoms with Crippen molar-refractivity contribution in [2.75, 3.05) is 26.8 Å². The van der Waals surface area contributed by atoms with E-state index in [4.69, 9.17) is 4.74 Å². The number of amides is 1. The minimum atomic E-state index is -0.289. The molecule has 2 N–H and O–H groups in total. The molecule has 0 aromatic heterocycles. The van der Waals surface area contributed by atoms with Gasteiger partial charge < -0.3 is 15.4 Å². The van der Waals surface area contributed by atoms with Gasteiger partial charge in [-0.05, 0) is 37.1 Å². The molecule has 1 aliphatic rings. The Kier molecular flexibility index (Phi) is 7.08. The van der Waals surface area contributed by atoms with Crippen LogP contribution in [0.15, 0.2) is 24.3 Å². The van der Waals surface area contributed by atoms with Crippen molar-refractivity contribution in [3.8, 4) is 0 Å². The molecule has 1 atom stereocenters. The van der Waals surface area contributed by atoms with Crippen LogP contribution >= 0.6 is 12.4 Å². The molecule has 0 bridgehead atoms. The lowest BCUT2D eigenvalue weighted by atomic mass is 9.98. The maximum Gasteiger partial charge on any atom is 0.224 e. The number of rotatable bonds is 6. The van der Waals surface area contributed by atoms with Gasteiger partial charge in [-0.3, -0.25) is 4.79 Å². The van der Waals surface area contributed by atoms with Gasteiger partial charge in [-0.15, -0.1) is 12.4 Å². The third kappa shape index (κ3) is 5.26. The number of carbonyl (C=O) groups is 1. The van der Waals surface area contributed by atoms with E-state index in [2.05, 4.69) is 10.6 Å². The fraction of sp³-hybridized carbons (Fsp3) is 0.533. The summed E-state index contributed by atoms with van der Waals surface area (Å²) in [5.74, 6) is -0.343. The zero-order valence-electron chi connectivity index (χ0n) is 12.2. The summed E-state index contributed by atoms with van der Waals surface area (Å²) in [5, 5.41) is 6.35. The van der Waals surface area contributed by atoms with Gasteiger partial charge in [0.15, 0.2) is 0 Å². The van der Waals surface area contributed by atoms with Crippen molar-refractivity contribution in [2.45, 2.75) is 24.8 Å². The molecule has 0 saturated carbocycles. The van der Waals surface area contributed by atoms with E-state index in [9.17, 15) is 9.18 Å². The van der Waals surface area contributed by atoms with Crippen LogP contribution in [0.5, 0.6) is 0 Å². The van der Waals surface area contributed by atoms with Gasteiger partial charge in [-0.2, -0.15) is 0 Å². The fourth-order valence-electron chi connectivity index (χ4n) is 2.59. The fourth-order valence-corrected chi connectivity index (χ4v) is 2.59. The first kappa shape index (κ1) is 17.9. The van der Waals surface area contributed by atoms with Crippen molar-refractivity contribution in [1.82, 2.24) is 10.6 Å². The Morgan fingerprint density at radius 2 is 2.14 bits per heavy atom. The van der Waals surface area contributed by atoms with Crippen molar-refractivity contribution in [3.63, 3.8) is 0 Å². The maximum absolute atomic E-state index is 12.8. The van der Waals surface area contributed by atoms with E-state index >= 15 is 0 Å². The number of nitrogens with one attached hydrogen (secondary N) is 2. The first-order valence-corrected chi connectivity index (χ1v) is 6.89. The Bertz CT molecular complexity index is 447. The van der Waals surface area contributed by atoms with Gasteiger partial charge in [0.2, 0.25) is 5.91 Å². The van der Waals surface area contributed by atoms with Crippen LogP contribution in [-0.4, -0.2) is 38.3 Å². The van der Waals surface area contributed by atoms with Crippen LogP contribution in [0.25, 0.3) is 0 Å². The first-order chi connectivity index (χ1) is 9.63. The first-order valence-electron chi connectivity index (χ1n) is 6.89. The standard InChI is InChI=1S/C15H21FN2O2.ClH/c1-20-11-15(7-2-8-18-15)10-17-14(19)9-12-3-5-13(16)6-4-12;/h3-6,18H,2,7-11H2,1H3,(H,17,19);1H. The predicted octanol–water partition coefficient (Wildman–Crippen LogP) is 1.67. The van der Waals surface area contributed by atoms with Crippen LogP contribution < -0.4 is 10.6 Å². The molecular weight excluding hydrogens is 295 g/mol. The number of ether oxygens (including phenoxy) is 1. The van der Waals surface area contributed by atoms with Gasteiger partial charge >= 0.3 is 0 Å². The Hall–Kier alpha value is -1.17. The highest BCUT2D eigenvalue weighted by Crippen LogP contribution is 2.18. The van der Waals surface area contributed by atoms with Crippen molar-refractivity contribution in [2.24, 2.45) is 0 Å². The van der Waals surface area contributed by atoms with Crippen molar-refractivity contribution in [1.29, 1.82) is 0 Å². The van der Waals surface area contributed by atoms with Crippen molar-refractivity contribution < 1.29 is 13.9 Å². The molecule has 4 nitrogen and oxygen atoms in total. The maximum atomic E-state index is 12.8. The third-order valence-electron chi connectivity index (χ3n) is 3.65. The molecule has 1 fully saturated rings. The zero-order valence-corrected chi connectivity index (χ0v) is 13.0. The third-order valence-corrected chi connectivity index (χ3v) is 3.65. The van der Waals surface area contributed by atoms with Crippen LogP contribution in [0.3, 0.4) is 0 Å². The Morgan fingerprint density at radius 1 is 1.43 bits per heavy atom. The molecule has 1 heterocycles. The molecule has 21 heavy (non-hydrogen) atoms. The lowest BCUT2D eigenvalue weighted by molar-refractivity contribution is -0.120. The van der Waals surface area contributed by atoms with E-state index in [-0.39, 0.29) is 36.1 Å². The number of carbonyl (C=O) groups excluding carboxylic acids is 1. The minimum Gasteiger partial charge on any atom is -0.383 e. The second kappa shape index (κ2) is 8.32. The summed E-state index contributed by atoms with van der Waals surface area (Å²) >= 11 is 0. The Morgan fingerprint density at radius 3 is 2.71 bits per heavy atom. The number of hydrogen-bond acceptors (Lipinski definition) is 3. The molecule has 118 valence electrons. The second-order valence-corrected chi connectivity index (χ2v) is 5.32. The summed E-state index contributed by atoms with van der Waals surface area (Å²) in [4.78, 5) is 11.9. The number of halogens is 2. The van der Waals surface area contributed by atoms with Crippen LogP contribution in [0.1, 0.15) is 18.4 Å².